The van der Waals surface area contributed by atoms with Crippen molar-refractivity contribution in [3.8, 4) is 11.5 Å². The van der Waals surface area contributed by atoms with Crippen LogP contribution in [0.1, 0.15) is 24.3 Å². The van der Waals surface area contributed by atoms with Crippen LogP contribution in [0, 0.1) is 0 Å². The summed E-state index contributed by atoms with van der Waals surface area (Å²) in [4.78, 5) is 0. The molecule has 0 amide bonds. The molecule has 0 aliphatic carbocycles. The summed E-state index contributed by atoms with van der Waals surface area (Å²) in [5, 5.41) is 8.05. The number of hydrogen-bond acceptors (Lipinski definition) is 5. The highest BCUT2D eigenvalue weighted by molar-refractivity contribution is 5.31. The molecule has 5 heteroatoms. The van der Waals surface area contributed by atoms with Crippen molar-refractivity contribution in [3.63, 3.8) is 0 Å². The molecule has 0 saturated carbocycles. The molecule has 118 valence electrons. The van der Waals surface area contributed by atoms with Crippen molar-refractivity contribution in [2.24, 2.45) is 0 Å². The molecule has 0 saturated heterocycles. The third kappa shape index (κ3) is 4.32. The van der Waals surface area contributed by atoms with E-state index in [0.717, 1.165) is 17.1 Å². The first-order valence-corrected chi connectivity index (χ1v) is 7.54. The van der Waals surface area contributed by atoms with Crippen molar-refractivity contribution in [2.75, 3.05) is 6.61 Å². The Bertz CT molecular complexity index is 724. The standard InChI is InChI=1S/C18H18N2O3/c1-2-21-15-8-10-16(11-9-15)22-13-18-20-19-17(23-18)12-14-6-4-3-5-7-14/h3-11H,2,12-13H2,1H3. The second kappa shape index (κ2) is 7.45. The predicted molar refractivity (Wildman–Crippen MR) is 85.5 cm³/mol. The third-order valence-electron chi connectivity index (χ3n) is 3.20. The lowest BCUT2D eigenvalue weighted by Gasteiger charge is -2.05. The van der Waals surface area contributed by atoms with Gasteiger partial charge in [-0.1, -0.05) is 30.3 Å². The molecular formula is C18H18N2O3. The number of nitrogens with zero attached hydrogens (tertiary/aromatic N) is 2. The summed E-state index contributed by atoms with van der Waals surface area (Å²) in [5.74, 6) is 2.60. The summed E-state index contributed by atoms with van der Waals surface area (Å²) in [6.45, 7) is 2.84. The Morgan fingerprint density at radius 1 is 0.826 bits per heavy atom. The predicted octanol–water partition coefficient (Wildman–Crippen LogP) is 3.64. The first-order chi connectivity index (χ1) is 11.3. The van der Waals surface area contributed by atoms with E-state index in [2.05, 4.69) is 10.2 Å². The molecule has 2 aromatic carbocycles. The smallest absolute Gasteiger partial charge is 0.253 e. The lowest BCUT2D eigenvalue weighted by atomic mass is 10.2. The Balaban J connectivity index is 1.54. The molecule has 3 rings (SSSR count). The maximum absolute atomic E-state index is 5.64. The van der Waals surface area contributed by atoms with Crippen LogP contribution >= 0.6 is 0 Å². The van der Waals surface area contributed by atoms with Gasteiger partial charge in [0.25, 0.3) is 5.89 Å². The van der Waals surface area contributed by atoms with Crippen molar-refractivity contribution in [1.82, 2.24) is 10.2 Å². The maximum Gasteiger partial charge on any atom is 0.253 e. The van der Waals surface area contributed by atoms with E-state index in [9.17, 15) is 0 Å². The zero-order valence-electron chi connectivity index (χ0n) is 12.9. The first-order valence-electron chi connectivity index (χ1n) is 7.54. The van der Waals surface area contributed by atoms with Crippen LogP contribution in [0.15, 0.2) is 59.0 Å². The van der Waals surface area contributed by atoms with Gasteiger partial charge in [-0.3, -0.25) is 0 Å². The Morgan fingerprint density at radius 2 is 1.48 bits per heavy atom. The van der Waals surface area contributed by atoms with E-state index >= 15 is 0 Å². The van der Waals surface area contributed by atoms with Crippen LogP contribution in [-0.4, -0.2) is 16.8 Å². The number of ether oxygens (including phenoxy) is 2. The van der Waals surface area contributed by atoms with E-state index in [1.54, 1.807) is 0 Å². The van der Waals surface area contributed by atoms with Crippen LogP contribution < -0.4 is 9.47 Å². The summed E-state index contributed by atoms with van der Waals surface area (Å²) >= 11 is 0. The van der Waals surface area contributed by atoms with Crippen molar-refractivity contribution in [1.29, 1.82) is 0 Å². The number of aromatic nitrogens is 2. The van der Waals surface area contributed by atoms with Gasteiger partial charge in [-0.15, -0.1) is 10.2 Å². The molecular weight excluding hydrogens is 292 g/mol. The molecule has 0 bridgehead atoms. The Morgan fingerprint density at radius 3 is 2.17 bits per heavy atom. The largest absolute Gasteiger partial charge is 0.494 e. The van der Waals surface area contributed by atoms with E-state index in [-0.39, 0.29) is 6.61 Å². The van der Waals surface area contributed by atoms with Crippen LogP contribution in [0.4, 0.5) is 0 Å². The normalized spacial score (nSPS) is 10.5. The molecule has 23 heavy (non-hydrogen) atoms. The molecule has 1 heterocycles. The fourth-order valence-corrected chi connectivity index (χ4v) is 2.13. The number of rotatable bonds is 7. The summed E-state index contributed by atoms with van der Waals surface area (Å²) in [5.41, 5.74) is 1.13. The van der Waals surface area contributed by atoms with E-state index in [1.807, 2.05) is 61.5 Å². The monoisotopic (exact) mass is 310 g/mol. The summed E-state index contributed by atoms with van der Waals surface area (Å²) in [6.07, 6.45) is 0.622. The highest BCUT2D eigenvalue weighted by atomic mass is 16.5. The summed E-state index contributed by atoms with van der Waals surface area (Å²) < 4.78 is 16.6. The minimum absolute atomic E-state index is 0.246. The van der Waals surface area contributed by atoms with Gasteiger partial charge in [0.1, 0.15) is 11.5 Å². The van der Waals surface area contributed by atoms with Crippen LogP contribution in [0.5, 0.6) is 11.5 Å². The molecule has 1 aromatic heterocycles. The van der Waals surface area contributed by atoms with Gasteiger partial charge in [0.05, 0.1) is 13.0 Å². The highest BCUT2D eigenvalue weighted by Crippen LogP contribution is 2.18. The van der Waals surface area contributed by atoms with Gasteiger partial charge in [-0.2, -0.15) is 0 Å². The lowest BCUT2D eigenvalue weighted by Crippen LogP contribution is -1.96. The number of benzene rings is 2. The quantitative estimate of drug-likeness (QED) is 0.667. The topological polar surface area (TPSA) is 57.4 Å². The van der Waals surface area contributed by atoms with Gasteiger partial charge < -0.3 is 13.9 Å². The molecule has 5 nitrogen and oxygen atoms in total. The zero-order valence-corrected chi connectivity index (χ0v) is 12.9. The van der Waals surface area contributed by atoms with Crippen LogP contribution in [0.3, 0.4) is 0 Å². The maximum atomic E-state index is 5.64. The van der Waals surface area contributed by atoms with Crippen molar-refractivity contribution >= 4 is 0 Å². The minimum Gasteiger partial charge on any atom is -0.494 e. The molecule has 0 N–H and O–H groups in total. The fourth-order valence-electron chi connectivity index (χ4n) is 2.13. The Kier molecular flexibility index (Phi) is 4.88. The average Bonchev–Trinajstić information content (AvgIpc) is 3.03. The highest BCUT2D eigenvalue weighted by Gasteiger charge is 2.07. The van der Waals surface area contributed by atoms with Crippen molar-refractivity contribution in [3.05, 3.63) is 71.9 Å². The molecule has 0 aliphatic heterocycles. The zero-order chi connectivity index (χ0) is 15.9. The van der Waals surface area contributed by atoms with E-state index in [1.165, 1.54) is 0 Å². The second-order valence-corrected chi connectivity index (χ2v) is 4.95. The van der Waals surface area contributed by atoms with Crippen LogP contribution in [0.2, 0.25) is 0 Å². The SMILES string of the molecule is CCOc1ccc(OCc2nnc(Cc3ccccc3)o2)cc1. The summed E-state index contributed by atoms with van der Waals surface area (Å²) in [7, 11) is 0. The Hall–Kier alpha value is -2.82. The average molecular weight is 310 g/mol. The van der Waals surface area contributed by atoms with E-state index in [4.69, 9.17) is 13.9 Å². The Labute approximate surface area is 134 Å². The summed E-state index contributed by atoms with van der Waals surface area (Å²) in [6, 6.07) is 17.5. The molecule has 0 atom stereocenters. The van der Waals surface area contributed by atoms with Gasteiger partial charge in [-0.05, 0) is 36.8 Å². The molecule has 0 fully saturated rings. The van der Waals surface area contributed by atoms with E-state index in [0.29, 0.717) is 24.8 Å². The lowest BCUT2D eigenvalue weighted by molar-refractivity contribution is 0.259. The van der Waals surface area contributed by atoms with Gasteiger partial charge in [0.15, 0.2) is 6.61 Å². The van der Waals surface area contributed by atoms with Gasteiger partial charge in [0.2, 0.25) is 5.89 Å². The van der Waals surface area contributed by atoms with Crippen molar-refractivity contribution < 1.29 is 13.9 Å². The molecule has 0 radical (unpaired) electrons. The minimum atomic E-state index is 0.246. The van der Waals surface area contributed by atoms with Crippen LogP contribution in [-0.2, 0) is 13.0 Å². The van der Waals surface area contributed by atoms with Crippen LogP contribution in [0.25, 0.3) is 0 Å². The van der Waals surface area contributed by atoms with Crippen molar-refractivity contribution in [2.45, 2.75) is 20.0 Å². The third-order valence-corrected chi connectivity index (χ3v) is 3.20. The first kappa shape index (κ1) is 15.1. The van der Waals surface area contributed by atoms with Gasteiger partial charge >= 0.3 is 0 Å². The van der Waals surface area contributed by atoms with E-state index < -0.39 is 0 Å². The molecule has 0 aliphatic rings. The fraction of sp³-hybridized carbons (Fsp3) is 0.222. The molecule has 0 spiro atoms. The molecule has 3 aromatic rings. The van der Waals surface area contributed by atoms with Gasteiger partial charge in [-0.25, -0.2) is 0 Å². The molecule has 0 unspecified atom stereocenters. The van der Waals surface area contributed by atoms with Gasteiger partial charge in [0, 0.05) is 0 Å². The number of hydrogen-bond donors (Lipinski definition) is 0. The second-order valence-electron chi connectivity index (χ2n) is 4.95.